The number of halogens is 1. The molecule has 2 amide bonds. The highest BCUT2D eigenvalue weighted by atomic mass is 35.5. The quantitative estimate of drug-likeness (QED) is 0.813. The minimum atomic E-state index is 0. The van der Waals surface area contributed by atoms with Crippen LogP contribution in [0, 0.1) is 5.41 Å². The Morgan fingerprint density at radius 1 is 1.05 bits per heavy atom. The van der Waals surface area contributed by atoms with Crippen molar-refractivity contribution in [1.82, 2.24) is 9.80 Å². The van der Waals surface area contributed by atoms with Crippen LogP contribution in [-0.4, -0.2) is 65.8 Å². The first-order valence-corrected chi connectivity index (χ1v) is 9.03. The Hall–Kier alpha value is -0.460. The minimum Gasteiger partial charge on any atom is -0.342 e. The second-order valence-electron chi connectivity index (χ2n) is 6.51. The normalized spacial score (nSPS) is 25.0. The number of hydrogen-bond acceptors (Lipinski definition) is 4. The Morgan fingerprint density at radius 2 is 1.64 bits per heavy atom. The molecular weight excluding hydrogens is 322 g/mol. The van der Waals surface area contributed by atoms with E-state index in [2.05, 4.69) is 6.92 Å². The number of amides is 2. The second kappa shape index (κ2) is 8.99. The van der Waals surface area contributed by atoms with E-state index in [4.69, 9.17) is 5.73 Å². The van der Waals surface area contributed by atoms with Crippen molar-refractivity contribution in [2.75, 3.05) is 44.2 Å². The van der Waals surface area contributed by atoms with Crippen LogP contribution in [0.5, 0.6) is 0 Å². The number of carbonyl (C=O) groups excluding carboxylic acids is 2. The van der Waals surface area contributed by atoms with Gasteiger partial charge in [-0.2, -0.15) is 0 Å². The molecule has 0 aliphatic carbocycles. The molecule has 0 radical (unpaired) electrons. The summed E-state index contributed by atoms with van der Waals surface area (Å²) in [5, 5.41) is 0. The highest BCUT2D eigenvalue weighted by molar-refractivity contribution is 8.00. The lowest BCUT2D eigenvalue weighted by molar-refractivity contribution is -0.129. The van der Waals surface area contributed by atoms with Gasteiger partial charge in [-0.25, -0.2) is 0 Å². The molecule has 1 atom stereocenters. The fraction of sp³-hybridized carbons (Fsp3) is 0.867. The maximum atomic E-state index is 12.1. The smallest absolute Gasteiger partial charge is 0.232 e. The number of likely N-dealkylation sites (tertiary alicyclic amines) is 2. The molecule has 0 aromatic rings. The van der Waals surface area contributed by atoms with Crippen LogP contribution in [-0.2, 0) is 9.59 Å². The van der Waals surface area contributed by atoms with E-state index >= 15 is 0 Å². The molecular formula is C15H28ClN3O2S. The zero-order valence-electron chi connectivity index (χ0n) is 13.4. The molecule has 1 unspecified atom stereocenters. The largest absolute Gasteiger partial charge is 0.342 e. The van der Waals surface area contributed by atoms with Crippen LogP contribution in [0.4, 0.5) is 0 Å². The summed E-state index contributed by atoms with van der Waals surface area (Å²) in [6.07, 6.45) is 4.43. The molecule has 0 saturated carbocycles. The lowest BCUT2D eigenvalue weighted by Crippen LogP contribution is -2.37. The van der Waals surface area contributed by atoms with E-state index in [-0.39, 0.29) is 29.6 Å². The number of piperidine rings is 1. The third-order valence-electron chi connectivity index (χ3n) is 4.56. The first-order valence-electron chi connectivity index (χ1n) is 7.87. The van der Waals surface area contributed by atoms with E-state index in [9.17, 15) is 9.59 Å². The van der Waals surface area contributed by atoms with E-state index in [1.54, 1.807) is 0 Å². The van der Waals surface area contributed by atoms with Crippen LogP contribution < -0.4 is 5.73 Å². The van der Waals surface area contributed by atoms with Crippen LogP contribution >= 0.6 is 24.2 Å². The Kier molecular flexibility index (Phi) is 8.00. The SMILES string of the molecule is CC1(CN)CCN(C(=O)CSCC(=O)N2CCCCC2)C1.Cl. The Balaban J connectivity index is 0.00000242. The summed E-state index contributed by atoms with van der Waals surface area (Å²) in [6, 6.07) is 0. The van der Waals surface area contributed by atoms with Gasteiger partial charge in [0.05, 0.1) is 11.5 Å². The fourth-order valence-electron chi connectivity index (χ4n) is 2.95. The maximum absolute atomic E-state index is 12.1. The minimum absolute atomic E-state index is 0. The zero-order valence-corrected chi connectivity index (χ0v) is 15.0. The van der Waals surface area contributed by atoms with Crippen molar-refractivity contribution in [3.8, 4) is 0 Å². The van der Waals surface area contributed by atoms with Gasteiger partial charge in [0.25, 0.3) is 0 Å². The van der Waals surface area contributed by atoms with Crippen LogP contribution in [0.1, 0.15) is 32.6 Å². The fourth-order valence-corrected chi connectivity index (χ4v) is 3.77. The molecule has 7 heteroatoms. The molecule has 2 fully saturated rings. The van der Waals surface area contributed by atoms with Gasteiger partial charge >= 0.3 is 0 Å². The topological polar surface area (TPSA) is 66.6 Å². The van der Waals surface area contributed by atoms with Crippen LogP contribution in [0.3, 0.4) is 0 Å². The van der Waals surface area contributed by atoms with Crippen LogP contribution in [0.15, 0.2) is 0 Å². The number of thioether (sulfide) groups is 1. The second-order valence-corrected chi connectivity index (χ2v) is 7.50. The van der Waals surface area contributed by atoms with Crippen molar-refractivity contribution >= 4 is 36.0 Å². The van der Waals surface area contributed by atoms with E-state index in [0.29, 0.717) is 18.1 Å². The van der Waals surface area contributed by atoms with Crippen LogP contribution in [0.25, 0.3) is 0 Å². The number of nitrogens with zero attached hydrogens (tertiary/aromatic N) is 2. The molecule has 0 bridgehead atoms. The average Bonchev–Trinajstić information content (AvgIpc) is 2.91. The molecule has 2 saturated heterocycles. The first kappa shape index (κ1) is 19.6. The molecule has 5 nitrogen and oxygen atoms in total. The summed E-state index contributed by atoms with van der Waals surface area (Å²) >= 11 is 1.44. The van der Waals surface area contributed by atoms with Gasteiger partial charge in [-0.05, 0) is 37.6 Å². The Morgan fingerprint density at radius 3 is 2.18 bits per heavy atom. The van der Waals surface area contributed by atoms with Crippen molar-refractivity contribution in [1.29, 1.82) is 0 Å². The summed E-state index contributed by atoms with van der Waals surface area (Å²) in [5.74, 6) is 1.15. The van der Waals surface area contributed by atoms with E-state index in [0.717, 1.165) is 45.4 Å². The van der Waals surface area contributed by atoms with Gasteiger partial charge in [-0.15, -0.1) is 24.2 Å². The Labute approximate surface area is 143 Å². The predicted molar refractivity (Wildman–Crippen MR) is 93.4 cm³/mol. The molecule has 128 valence electrons. The lowest BCUT2D eigenvalue weighted by Gasteiger charge is -2.26. The monoisotopic (exact) mass is 349 g/mol. The highest BCUT2D eigenvalue weighted by Gasteiger charge is 2.34. The zero-order chi connectivity index (χ0) is 15.3. The van der Waals surface area contributed by atoms with Gasteiger partial charge in [0.1, 0.15) is 0 Å². The summed E-state index contributed by atoms with van der Waals surface area (Å²) in [6.45, 7) is 6.07. The van der Waals surface area contributed by atoms with E-state index in [1.807, 2.05) is 9.80 Å². The molecule has 0 spiro atoms. The number of carbonyl (C=O) groups is 2. The van der Waals surface area contributed by atoms with Crippen molar-refractivity contribution < 1.29 is 9.59 Å². The van der Waals surface area contributed by atoms with Gasteiger partial charge in [-0.1, -0.05) is 6.92 Å². The lowest BCUT2D eigenvalue weighted by atomic mass is 9.90. The summed E-state index contributed by atoms with van der Waals surface area (Å²) < 4.78 is 0. The van der Waals surface area contributed by atoms with Crippen molar-refractivity contribution in [3.63, 3.8) is 0 Å². The number of hydrogen-bond donors (Lipinski definition) is 1. The molecule has 0 aromatic heterocycles. The molecule has 2 N–H and O–H groups in total. The molecule has 0 aromatic carbocycles. The molecule has 2 rings (SSSR count). The predicted octanol–water partition coefficient (Wildman–Crippen LogP) is 1.35. The van der Waals surface area contributed by atoms with E-state index in [1.165, 1.54) is 18.2 Å². The average molecular weight is 350 g/mol. The first-order chi connectivity index (χ1) is 10.0. The maximum Gasteiger partial charge on any atom is 0.232 e. The van der Waals surface area contributed by atoms with Gasteiger partial charge in [0.15, 0.2) is 0 Å². The summed E-state index contributed by atoms with van der Waals surface area (Å²) in [4.78, 5) is 28.0. The van der Waals surface area contributed by atoms with Gasteiger partial charge < -0.3 is 15.5 Å². The van der Waals surface area contributed by atoms with Crippen molar-refractivity contribution in [2.24, 2.45) is 11.1 Å². The van der Waals surface area contributed by atoms with Gasteiger partial charge in [0, 0.05) is 26.2 Å². The van der Waals surface area contributed by atoms with Gasteiger partial charge in [-0.3, -0.25) is 9.59 Å². The molecule has 2 aliphatic rings. The summed E-state index contributed by atoms with van der Waals surface area (Å²) in [5.41, 5.74) is 5.83. The third-order valence-corrected chi connectivity index (χ3v) is 5.47. The Bertz CT molecular complexity index is 391. The van der Waals surface area contributed by atoms with Crippen molar-refractivity contribution in [2.45, 2.75) is 32.6 Å². The van der Waals surface area contributed by atoms with E-state index < -0.39 is 0 Å². The van der Waals surface area contributed by atoms with Gasteiger partial charge in [0.2, 0.25) is 11.8 Å². The summed E-state index contributed by atoms with van der Waals surface area (Å²) in [7, 11) is 0. The molecule has 2 heterocycles. The number of rotatable bonds is 5. The molecule has 22 heavy (non-hydrogen) atoms. The van der Waals surface area contributed by atoms with Crippen LogP contribution in [0.2, 0.25) is 0 Å². The van der Waals surface area contributed by atoms with Crippen molar-refractivity contribution in [3.05, 3.63) is 0 Å². The third kappa shape index (κ3) is 5.32. The molecule has 2 aliphatic heterocycles. The standard InChI is InChI=1S/C15H27N3O2S.ClH/c1-15(11-16)5-8-18(12-15)14(20)10-21-9-13(19)17-6-3-2-4-7-17;/h2-12,16H2,1H3;1H. The highest BCUT2D eigenvalue weighted by Crippen LogP contribution is 2.28. The number of nitrogens with two attached hydrogens (primary N) is 1.